The molecule has 0 aliphatic carbocycles. The number of aromatic nitrogens is 1. The maximum Gasteiger partial charge on any atom is 0.188 e. The molecule has 0 aliphatic heterocycles. The van der Waals surface area contributed by atoms with Crippen molar-refractivity contribution in [1.82, 2.24) is 4.98 Å². The monoisotopic (exact) mass is 324 g/mol. The molecule has 0 amide bonds. The number of benzene rings is 2. The molecule has 0 aliphatic rings. The number of rotatable bonds is 3. The Kier molecular flexibility index (Phi) is 3.70. The largest absolute Gasteiger partial charge is 0.497 e. The average Bonchev–Trinajstić information content (AvgIpc) is 2.82. The average molecular weight is 325 g/mol. The molecule has 0 radical (unpaired) electrons. The van der Waals surface area contributed by atoms with Gasteiger partial charge in [0.1, 0.15) is 5.75 Å². The predicted octanol–water partition coefficient (Wildman–Crippen LogP) is 5.36. The highest BCUT2D eigenvalue weighted by molar-refractivity contribution is 7.22. The fraction of sp³-hybridized carbons (Fsp3) is 0.0714. The Morgan fingerprint density at radius 2 is 2.00 bits per heavy atom. The summed E-state index contributed by atoms with van der Waals surface area (Å²) in [4.78, 5) is 4.49. The summed E-state index contributed by atoms with van der Waals surface area (Å²) in [6, 6.07) is 11.1. The summed E-state index contributed by atoms with van der Waals surface area (Å²) in [6.45, 7) is 0. The van der Waals surface area contributed by atoms with Gasteiger partial charge in [-0.1, -0.05) is 34.5 Å². The number of thiazole rings is 1. The molecule has 1 N–H and O–H groups in total. The highest BCUT2D eigenvalue weighted by Crippen LogP contribution is 2.33. The van der Waals surface area contributed by atoms with Crippen LogP contribution in [0.4, 0.5) is 10.8 Å². The molecule has 0 fully saturated rings. The van der Waals surface area contributed by atoms with Crippen molar-refractivity contribution in [2.24, 2.45) is 0 Å². The van der Waals surface area contributed by atoms with Gasteiger partial charge in [-0.3, -0.25) is 0 Å². The van der Waals surface area contributed by atoms with Crippen LogP contribution in [0.15, 0.2) is 36.4 Å². The van der Waals surface area contributed by atoms with Crippen molar-refractivity contribution in [3.63, 3.8) is 0 Å². The first-order chi connectivity index (χ1) is 9.65. The van der Waals surface area contributed by atoms with E-state index in [2.05, 4.69) is 10.3 Å². The number of halogens is 2. The van der Waals surface area contributed by atoms with E-state index in [1.807, 2.05) is 30.3 Å². The van der Waals surface area contributed by atoms with E-state index in [1.54, 1.807) is 24.5 Å². The summed E-state index contributed by atoms with van der Waals surface area (Å²) in [5, 5.41) is 5.26. The summed E-state index contributed by atoms with van der Waals surface area (Å²) < 4.78 is 6.25. The Morgan fingerprint density at radius 3 is 2.80 bits per heavy atom. The van der Waals surface area contributed by atoms with Crippen LogP contribution in [0, 0.1) is 0 Å². The Balaban J connectivity index is 1.96. The van der Waals surface area contributed by atoms with Crippen molar-refractivity contribution in [3.8, 4) is 5.75 Å². The molecule has 6 heteroatoms. The molecule has 0 saturated carbocycles. The Bertz CT molecular complexity index is 773. The Labute approximate surface area is 130 Å². The Hall–Kier alpha value is -1.49. The minimum absolute atomic E-state index is 0.614. The number of nitrogens with one attached hydrogen (secondary N) is 1. The van der Waals surface area contributed by atoms with Crippen molar-refractivity contribution in [1.29, 1.82) is 0 Å². The minimum Gasteiger partial charge on any atom is -0.497 e. The number of hydrogen-bond acceptors (Lipinski definition) is 4. The van der Waals surface area contributed by atoms with Gasteiger partial charge in [-0.2, -0.15) is 0 Å². The molecule has 20 heavy (non-hydrogen) atoms. The van der Waals surface area contributed by atoms with Crippen molar-refractivity contribution in [2.45, 2.75) is 0 Å². The molecule has 0 bridgehead atoms. The normalized spacial score (nSPS) is 10.8. The number of ether oxygens (including phenoxy) is 1. The van der Waals surface area contributed by atoms with E-state index in [1.165, 1.54) is 0 Å². The van der Waals surface area contributed by atoms with E-state index in [9.17, 15) is 0 Å². The smallest absolute Gasteiger partial charge is 0.188 e. The highest BCUT2D eigenvalue weighted by Gasteiger charge is 2.08. The zero-order chi connectivity index (χ0) is 14.1. The van der Waals surface area contributed by atoms with E-state index in [0.717, 1.165) is 26.8 Å². The third kappa shape index (κ3) is 2.68. The van der Waals surface area contributed by atoms with E-state index in [0.29, 0.717) is 10.0 Å². The molecule has 0 saturated heterocycles. The first-order valence-corrected chi connectivity index (χ1v) is 7.39. The first-order valence-electron chi connectivity index (χ1n) is 5.82. The third-order valence-corrected chi connectivity index (χ3v) is 4.28. The lowest BCUT2D eigenvalue weighted by atomic mass is 10.3. The van der Waals surface area contributed by atoms with Crippen LogP contribution in [-0.4, -0.2) is 12.1 Å². The van der Waals surface area contributed by atoms with Gasteiger partial charge in [-0.25, -0.2) is 4.98 Å². The molecule has 0 unspecified atom stereocenters. The molecule has 0 spiro atoms. The van der Waals surface area contributed by atoms with E-state index >= 15 is 0 Å². The lowest BCUT2D eigenvalue weighted by Crippen LogP contribution is -1.91. The summed E-state index contributed by atoms with van der Waals surface area (Å²) in [7, 11) is 1.62. The molecule has 3 aromatic rings. The van der Waals surface area contributed by atoms with Crippen molar-refractivity contribution < 1.29 is 4.74 Å². The SMILES string of the molecule is COc1ccc(Cl)c(Nc2nc3cc(Cl)ccc3s2)c1. The standard InChI is InChI=1S/C14H10Cl2N2OS/c1-19-9-3-4-10(16)11(7-9)17-14-18-12-6-8(15)2-5-13(12)20-14/h2-7H,1H3,(H,17,18). The van der Waals surface area contributed by atoms with Crippen LogP contribution in [0.1, 0.15) is 0 Å². The second-order valence-electron chi connectivity index (χ2n) is 4.10. The molecule has 1 aromatic heterocycles. The van der Waals surface area contributed by atoms with Gasteiger partial charge < -0.3 is 10.1 Å². The third-order valence-electron chi connectivity index (χ3n) is 2.76. The highest BCUT2D eigenvalue weighted by atomic mass is 35.5. The summed E-state index contributed by atoms with van der Waals surface area (Å²) >= 11 is 13.7. The van der Waals surface area contributed by atoms with Gasteiger partial charge in [0, 0.05) is 11.1 Å². The summed E-state index contributed by atoms with van der Waals surface area (Å²) in [5.74, 6) is 0.737. The van der Waals surface area contributed by atoms with Gasteiger partial charge in [0.05, 0.1) is 28.0 Å². The predicted molar refractivity (Wildman–Crippen MR) is 85.9 cm³/mol. The molecule has 2 aromatic carbocycles. The number of fused-ring (bicyclic) bond motifs is 1. The van der Waals surface area contributed by atoms with Crippen LogP contribution in [0.3, 0.4) is 0 Å². The minimum atomic E-state index is 0.614. The lowest BCUT2D eigenvalue weighted by molar-refractivity contribution is 0.415. The van der Waals surface area contributed by atoms with Crippen molar-refractivity contribution in [3.05, 3.63) is 46.4 Å². The second-order valence-corrected chi connectivity index (χ2v) is 5.98. The van der Waals surface area contributed by atoms with Gasteiger partial charge in [0.15, 0.2) is 5.13 Å². The number of anilines is 2. The molecular formula is C14H10Cl2N2OS. The number of hydrogen-bond donors (Lipinski definition) is 1. The van der Waals surface area contributed by atoms with E-state index in [4.69, 9.17) is 27.9 Å². The molecular weight excluding hydrogens is 315 g/mol. The summed E-state index contributed by atoms with van der Waals surface area (Å²) in [6.07, 6.45) is 0. The van der Waals surface area contributed by atoms with Crippen LogP contribution in [0.2, 0.25) is 10.0 Å². The molecule has 3 rings (SSSR count). The van der Waals surface area contributed by atoms with Crippen LogP contribution >= 0.6 is 34.5 Å². The van der Waals surface area contributed by atoms with Crippen LogP contribution in [-0.2, 0) is 0 Å². The van der Waals surface area contributed by atoms with Gasteiger partial charge in [-0.05, 0) is 30.3 Å². The number of methoxy groups -OCH3 is 1. The quantitative estimate of drug-likeness (QED) is 0.704. The zero-order valence-electron chi connectivity index (χ0n) is 10.5. The molecule has 0 atom stereocenters. The first kappa shape index (κ1) is 13.5. The topological polar surface area (TPSA) is 34.1 Å². The van der Waals surface area contributed by atoms with Crippen LogP contribution in [0.25, 0.3) is 10.2 Å². The maximum atomic E-state index is 6.16. The molecule has 102 valence electrons. The lowest BCUT2D eigenvalue weighted by Gasteiger charge is -2.07. The maximum absolute atomic E-state index is 6.16. The van der Waals surface area contributed by atoms with Crippen LogP contribution in [0.5, 0.6) is 5.75 Å². The van der Waals surface area contributed by atoms with Gasteiger partial charge >= 0.3 is 0 Å². The summed E-state index contributed by atoms with van der Waals surface area (Å²) in [5.41, 5.74) is 1.63. The van der Waals surface area contributed by atoms with E-state index < -0.39 is 0 Å². The molecule has 1 heterocycles. The van der Waals surface area contributed by atoms with Crippen molar-refractivity contribution >= 4 is 55.6 Å². The van der Waals surface area contributed by atoms with E-state index in [-0.39, 0.29) is 0 Å². The van der Waals surface area contributed by atoms with Crippen LogP contribution < -0.4 is 10.1 Å². The van der Waals surface area contributed by atoms with Crippen molar-refractivity contribution in [2.75, 3.05) is 12.4 Å². The van der Waals surface area contributed by atoms with Gasteiger partial charge in [0.2, 0.25) is 0 Å². The fourth-order valence-electron chi connectivity index (χ4n) is 1.80. The Morgan fingerprint density at radius 1 is 1.15 bits per heavy atom. The molecule has 3 nitrogen and oxygen atoms in total. The second kappa shape index (κ2) is 5.48. The van der Waals surface area contributed by atoms with Gasteiger partial charge in [-0.15, -0.1) is 0 Å². The van der Waals surface area contributed by atoms with Gasteiger partial charge in [0.25, 0.3) is 0 Å². The fourth-order valence-corrected chi connectivity index (χ4v) is 2.99. The number of nitrogens with zero attached hydrogens (tertiary/aromatic N) is 1. The zero-order valence-corrected chi connectivity index (χ0v) is 12.8.